The first-order valence-electron chi connectivity index (χ1n) is 13.2. The molecular weight excluding hydrogens is 538 g/mol. The van der Waals surface area contributed by atoms with Gasteiger partial charge in [-0.2, -0.15) is 0 Å². The summed E-state index contributed by atoms with van der Waals surface area (Å²) >= 11 is 5.80. The van der Waals surface area contributed by atoms with Crippen molar-refractivity contribution in [3.05, 3.63) is 107 Å². The van der Waals surface area contributed by atoms with Crippen molar-refractivity contribution in [2.24, 2.45) is 0 Å². The van der Waals surface area contributed by atoms with Gasteiger partial charge in [-0.25, -0.2) is 4.79 Å². The highest BCUT2D eigenvalue weighted by atomic mass is 32.1. The lowest BCUT2D eigenvalue weighted by Gasteiger charge is -2.28. The summed E-state index contributed by atoms with van der Waals surface area (Å²) < 4.78 is 7.47. The van der Waals surface area contributed by atoms with Crippen molar-refractivity contribution >= 4 is 34.9 Å². The van der Waals surface area contributed by atoms with Crippen LogP contribution >= 0.6 is 12.2 Å². The van der Waals surface area contributed by atoms with E-state index in [0.29, 0.717) is 23.1 Å². The summed E-state index contributed by atoms with van der Waals surface area (Å²) in [5.41, 5.74) is 5.58. The van der Waals surface area contributed by atoms with Crippen LogP contribution in [0.2, 0.25) is 0 Å². The van der Waals surface area contributed by atoms with Crippen molar-refractivity contribution in [1.29, 1.82) is 0 Å². The fourth-order valence-electron chi connectivity index (χ4n) is 5.40. The number of aromatic carboxylic acids is 1. The molecule has 1 saturated heterocycles. The van der Waals surface area contributed by atoms with Gasteiger partial charge in [0.1, 0.15) is 5.75 Å². The van der Waals surface area contributed by atoms with Crippen molar-refractivity contribution in [2.45, 2.75) is 32.4 Å². The van der Waals surface area contributed by atoms with E-state index in [-0.39, 0.29) is 30.0 Å². The Labute approximate surface area is 243 Å². The Morgan fingerprint density at radius 3 is 2.49 bits per heavy atom. The predicted octanol–water partition coefficient (Wildman–Crippen LogP) is 5.20. The van der Waals surface area contributed by atoms with Gasteiger partial charge in [0, 0.05) is 36.2 Å². The number of aromatic nitrogens is 2. The number of hydrogen-bond donors (Lipinski definition) is 3. The molecule has 0 bridgehead atoms. The van der Waals surface area contributed by atoms with Crippen LogP contribution in [0.1, 0.15) is 51.5 Å². The van der Waals surface area contributed by atoms with Crippen LogP contribution in [0.15, 0.2) is 79.0 Å². The lowest BCUT2D eigenvalue weighted by molar-refractivity contribution is -0.116. The highest BCUT2D eigenvalue weighted by Crippen LogP contribution is 2.41. The van der Waals surface area contributed by atoms with Gasteiger partial charge in [0.2, 0.25) is 5.91 Å². The fraction of sp³-hybridized carbons (Fsp3) is 0.226. The molecule has 3 N–H and O–H groups in total. The summed E-state index contributed by atoms with van der Waals surface area (Å²) in [6, 6.07) is 21.6. The summed E-state index contributed by atoms with van der Waals surface area (Å²) in [5.74, 6) is -0.523. The number of amides is 1. The number of carboxylic acids is 1. The molecule has 41 heavy (non-hydrogen) atoms. The van der Waals surface area contributed by atoms with E-state index in [4.69, 9.17) is 17.0 Å². The molecule has 9 nitrogen and oxygen atoms in total. The first kappa shape index (κ1) is 27.9. The van der Waals surface area contributed by atoms with Crippen molar-refractivity contribution in [1.82, 2.24) is 19.8 Å². The van der Waals surface area contributed by atoms with Crippen molar-refractivity contribution in [3.8, 4) is 11.4 Å². The quantitative estimate of drug-likeness (QED) is 0.236. The molecule has 3 heterocycles. The largest absolute Gasteiger partial charge is 0.495 e. The number of carboxylic acid groups (broad SMARTS) is 1. The number of anilines is 1. The molecule has 0 radical (unpaired) electrons. The Balaban J connectivity index is 1.46. The number of hydrogen-bond acceptors (Lipinski definition) is 5. The van der Waals surface area contributed by atoms with Crippen LogP contribution in [0.25, 0.3) is 5.69 Å². The number of rotatable bonds is 9. The van der Waals surface area contributed by atoms with Crippen LogP contribution < -0.4 is 15.4 Å². The number of thiocarbonyl (C=S) groups is 1. The zero-order valence-corrected chi connectivity index (χ0v) is 23.8. The Kier molecular flexibility index (Phi) is 8.02. The number of pyridine rings is 1. The van der Waals surface area contributed by atoms with E-state index < -0.39 is 5.97 Å². The molecule has 4 aromatic rings. The minimum Gasteiger partial charge on any atom is -0.495 e. The van der Waals surface area contributed by atoms with E-state index in [1.54, 1.807) is 49.7 Å². The maximum Gasteiger partial charge on any atom is 0.335 e. The average molecular weight is 570 g/mol. The van der Waals surface area contributed by atoms with Gasteiger partial charge in [0.05, 0.1) is 36.1 Å². The van der Waals surface area contributed by atoms with E-state index >= 15 is 0 Å². The third-order valence-electron chi connectivity index (χ3n) is 7.32. The third-order valence-corrected chi connectivity index (χ3v) is 7.67. The summed E-state index contributed by atoms with van der Waals surface area (Å²) in [4.78, 5) is 31.0. The Morgan fingerprint density at radius 2 is 1.80 bits per heavy atom. The lowest BCUT2D eigenvalue weighted by atomic mass is 9.96. The van der Waals surface area contributed by atoms with Crippen LogP contribution in [0.4, 0.5) is 5.69 Å². The third kappa shape index (κ3) is 5.64. The molecule has 0 spiro atoms. The second-order valence-corrected chi connectivity index (χ2v) is 10.2. The first-order chi connectivity index (χ1) is 19.8. The number of carbonyl (C=O) groups is 2. The van der Waals surface area contributed by atoms with Gasteiger partial charge >= 0.3 is 5.97 Å². The van der Waals surface area contributed by atoms with E-state index in [2.05, 4.69) is 31.2 Å². The zero-order chi connectivity index (χ0) is 29.1. The Hall–Kier alpha value is -4.70. The van der Waals surface area contributed by atoms with E-state index in [1.165, 1.54) is 0 Å². The van der Waals surface area contributed by atoms with Gasteiger partial charge in [-0.1, -0.05) is 18.2 Å². The number of nitrogens with one attached hydrogen (secondary N) is 2. The monoisotopic (exact) mass is 569 g/mol. The highest BCUT2D eigenvalue weighted by molar-refractivity contribution is 7.80. The van der Waals surface area contributed by atoms with E-state index in [0.717, 1.165) is 28.3 Å². The van der Waals surface area contributed by atoms with E-state index in [9.17, 15) is 14.7 Å². The molecule has 2 atom stereocenters. The van der Waals surface area contributed by atoms with Gasteiger partial charge in [-0.15, -0.1) is 0 Å². The summed E-state index contributed by atoms with van der Waals surface area (Å²) in [6.45, 7) is 4.44. The number of ether oxygens (including phenoxy) is 1. The van der Waals surface area contributed by atoms with Crippen LogP contribution in [0, 0.1) is 13.8 Å². The van der Waals surface area contributed by atoms with Gasteiger partial charge in [-0.05, 0) is 86.2 Å². The van der Waals surface area contributed by atoms with Gasteiger partial charge < -0.3 is 29.9 Å². The predicted molar refractivity (Wildman–Crippen MR) is 161 cm³/mol. The summed E-state index contributed by atoms with van der Waals surface area (Å²) in [6.07, 6.45) is 1.97. The highest BCUT2D eigenvalue weighted by Gasteiger charge is 2.41. The molecular formula is C31H31N5O4S. The second kappa shape index (κ2) is 11.8. The van der Waals surface area contributed by atoms with Crippen LogP contribution in [-0.4, -0.2) is 50.2 Å². The summed E-state index contributed by atoms with van der Waals surface area (Å²) in [5, 5.41) is 16.3. The normalized spacial score (nSPS) is 16.4. The first-order valence-corrected chi connectivity index (χ1v) is 13.6. The molecule has 2 aromatic heterocycles. The molecule has 1 fully saturated rings. The molecule has 0 saturated carbocycles. The molecule has 0 unspecified atom stereocenters. The molecule has 1 aliphatic heterocycles. The fourth-order valence-corrected chi connectivity index (χ4v) is 5.74. The standard InChI is InChI=1S/C31H31N5O4S/c1-19-18-23(20(2)36(19)22-13-11-21(12-14-22)30(38)39)29-28(25-9-6-7-16-32-25)34-31(41)35(29)17-15-27(37)33-24-8-4-5-10-26(24)40-3/h4-14,16,18,28-29H,15,17H2,1-3H3,(H,33,37)(H,34,41)(H,38,39)/t28-,29-/m0/s1. The maximum atomic E-state index is 13.0. The van der Waals surface area contributed by atoms with Gasteiger partial charge in [0.15, 0.2) is 5.11 Å². The van der Waals surface area contributed by atoms with Crippen LogP contribution in [0.3, 0.4) is 0 Å². The lowest BCUT2D eigenvalue weighted by Crippen LogP contribution is -2.33. The van der Waals surface area contributed by atoms with Crippen molar-refractivity contribution in [3.63, 3.8) is 0 Å². The molecule has 1 amide bonds. The minimum absolute atomic E-state index is 0.152. The topological polar surface area (TPSA) is 109 Å². The van der Waals surface area contributed by atoms with Crippen LogP contribution in [-0.2, 0) is 4.79 Å². The minimum atomic E-state index is -0.965. The molecule has 2 aromatic carbocycles. The number of methoxy groups -OCH3 is 1. The number of benzene rings is 2. The van der Waals surface area contributed by atoms with E-state index in [1.807, 2.05) is 44.2 Å². The SMILES string of the molecule is COc1ccccc1NC(=O)CCN1C(=S)N[C@@H](c2ccccn2)[C@@H]1c1cc(C)n(-c2ccc(C(=O)O)cc2)c1C. The van der Waals surface area contributed by atoms with Crippen LogP contribution in [0.5, 0.6) is 5.75 Å². The number of para-hydroxylation sites is 2. The van der Waals surface area contributed by atoms with Gasteiger partial charge in [0.25, 0.3) is 0 Å². The molecule has 10 heteroatoms. The molecule has 5 rings (SSSR count). The molecule has 210 valence electrons. The second-order valence-electron chi connectivity index (χ2n) is 9.83. The summed E-state index contributed by atoms with van der Waals surface area (Å²) in [7, 11) is 1.57. The Bertz CT molecular complexity index is 1590. The number of aryl methyl sites for hydroxylation is 1. The van der Waals surface area contributed by atoms with Crippen molar-refractivity contribution in [2.75, 3.05) is 19.0 Å². The van der Waals surface area contributed by atoms with Crippen molar-refractivity contribution < 1.29 is 19.4 Å². The smallest absolute Gasteiger partial charge is 0.335 e. The Morgan fingerprint density at radius 1 is 1.07 bits per heavy atom. The number of carbonyl (C=O) groups excluding carboxylic acids is 1. The zero-order valence-electron chi connectivity index (χ0n) is 23.0. The molecule has 1 aliphatic rings. The average Bonchev–Trinajstić information content (AvgIpc) is 3.46. The maximum absolute atomic E-state index is 13.0. The number of nitrogens with zero attached hydrogens (tertiary/aromatic N) is 3. The van der Waals surface area contributed by atoms with Gasteiger partial charge in [-0.3, -0.25) is 9.78 Å². The molecule has 0 aliphatic carbocycles.